The van der Waals surface area contributed by atoms with E-state index in [4.69, 9.17) is 14.6 Å². The van der Waals surface area contributed by atoms with E-state index in [1.807, 2.05) is 0 Å². The molecule has 68 valence electrons. The van der Waals surface area contributed by atoms with Gasteiger partial charge in [0.25, 0.3) is 0 Å². The highest BCUT2D eigenvalue weighted by atomic mass is 16.6. The Balaban J connectivity index is 2.80. The van der Waals surface area contributed by atoms with Crippen LogP contribution in [0.2, 0.25) is 0 Å². The van der Waals surface area contributed by atoms with Crippen LogP contribution in [0.5, 0.6) is 0 Å². The monoisotopic (exact) mass is 172 g/mol. The van der Waals surface area contributed by atoms with Gasteiger partial charge in [-0.3, -0.25) is 0 Å². The largest absolute Gasteiger partial charge is 0.500 e. The molecule has 0 aromatic carbocycles. The molecule has 0 amide bonds. The van der Waals surface area contributed by atoms with Crippen molar-refractivity contribution in [1.29, 1.82) is 0 Å². The van der Waals surface area contributed by atoms with Gasteiger partial charge in [-0.1, -0.05) is 0 Å². The van der Waals surface area contributed by atoms with E-state index in [9.17, 15) is 4.79 Å². The summed E-state index contributed by atoms with van der Waals surface area (Å²) in [5.41, 5.74) is 0.488. The number of methoxy groups -OCH3 is 1. The van der Waals surface area contributed by atoms with Crippen molar-refractivity contribution in [2.24, 2.45) is 0 Å². The number of ether oxygens (including phenoxy) is 2. The van der Waals surface area contributed by atoms with E-state index >= 15 is 0 Å². The van der Waals surface area contributed by atoms with Crippen LogP contribution in [0.3, 0.4) is 0 Å². The molecule has 0 bridgehead atoms. The van der Waals surface area contributed by atoms with Gasteiger partial charge in [0.15, 0.2) is 0 Å². The maximum absolute atomic E-state index is 11.1. The summed E-state index contributed by atoms with van der Waals surface area (Å²) in [6.07, 6.45) is 0.0149. The summed E-state index contributed by atoms with van der Waals surface area (Å²) in [6.45, 7) is 1.49. The molecular weight excluding hydrogens is 160 g/mol. The Kier molecular flexibility index (Phi) is 2.70. The fourth-order valence-electron chi connectivity index (χ4n) is 1.09. The number of aliphatic hydroxyl groups excluding tert-OH is 1. The van der Waals surface area contributed by atoms with E-state index in [0.29, 0.717) is 17.8 Å². The first-order valence-corrected chi connectivity index (χ1v) is 3.74. The molecule has 0 saturated heterocycles. The molecule has 1 heterocycles. The van der Waals surface area contributed by atoms with Crippen molar-refractivity contribution in [3.05, 3.63) is 11.3 Å². The summed E-state index contributed by atoms with van der Waals surface area (Å²) in [4.78, 5) is 11.1. The molecule has 0 spiro atoms. The van der Waals surface area contributed by atoms with Gasteiger partial charge in [0.05, 0.1) is 19.3 Å². The number of aliphatic hydroxyl groups is 1. The highest BCUT2D eigenvalue weighted by Gasteiger charge is 2.26. The molecule has 0 radical (unpaired) electrons. The van der Waals surface area contributed by atoms with Gasteiger partial charge in [0.1, 0.15) is 11.9 Å². The molecule has 0 aliphatic carbocycles. The first kappa shape index (κ1) is 9.06. The van der Waals surface area contributed by atoms with Gasteiger partial charge >= 0.3 is 5.97 Å². The third kappa shape index (κ3) is 1.58. The second kappa shape index (κ2) is 3.58. The summed E-state index contributed by atoms with van der Waals surface area (Å²) >= 11 is 0. The van der Waals surface area contributed by atoms with E-state index in [0.717, 1.165) is 0 Å². The zero-order valence-corrected chi connectivity index (χ0v) is 7.16. The number of rotatable bonds is 2. The summed E-state index contributed by atoms with van der Waals surface area (Å²) in [7, 11) is 1.51. The van der Waals surface area contributed by atoms with Crippen LogP contribution in [-0.4, -0.2) is 30.9 Å². The Morgan fingerprint density at radius 3 is 2.92 bits per heavy atom. The van der Waals surface area contributed by atoms with E-state index in [2.05, 4.69) is 0 Å². The fourth-order valence-corrected chi connectivity index (χ4v) is 1.09. The maximum Gasteiger partial charge on any atom is 0.337 e. The first-order valence-electron chi connectivity index (χ1n) is 3.74. The van der Waals surface area contributed by atoms with Crippen LogP contribution < -0.4 is 0 Å². The minimum Gasteiger partial charge on any atom is -0.500 e. The minimum atomic E-state index is -0.448. The van der Waals surface area contributed by atoms with Gasteiger partial charge in [-0.25, -0.2) is 4.79 Å². The SMILES string of the molecule is COC1=C(C)C(=O)O[C@H](CO)C1. The lowest BCUT2D eigenvalue weighted by Crippen LogP contribution is -2.28. The lowest BCUT2D eigenvalue weighted by atomic mass is 10.1. The number of esters is 1. The molecule has 4 heteroatoms. The fraction of sp³-hybridized carbons (Fsp3) is 0.625. The third-order valence-corrected chi connectivity index (χ3v) is 1.86. The zero-order valence-electron chi connectivity index (χ0n) is 7.16. The summed E-state index contributed by atoms with van der Waals surface area (Å²) in [5, 5.41) is 8.75. The van der Waals surface area contributed by atoms with Crippen molar-refractivity contribution in [2.45, 2.75) is 19.4 Å². The second-order valence-corrected chi connectivity index (χ2v) is 2.67. The quantitative estimate of drug-likeness (QED) is 0.605. The Hall–Kier alpha value is -1.03. The number of hydrogen-bond acceptors (Lipinski definition) is 4. The van der Waals surface area contributed by atoms with Gasteiger partial charge in [-0.2, -0.15) is 0 Å². The number of cyclic esters (lactones) is 1. The van der Waals surface area contributed by atoms with Gasteiger partial charge in [-0.15, -0.1) is 0 Å². The van der Waals surface area contributed by atoms with Crippen molar-refractivity contribution < 1.29 is 19.4 Å². The van der Waals surface area contributed by atoms with Crippen molar-refractivity contribution in [1.82, 2.24) is 0 Å². The van der Waals surface area contributed by atoms with Crippen molar-refractivity contribution in [3.8, 4) is 0 Å². The molecule has 1 rings (SSSR count). The molecule has 1 atom stereocenters. The van der Waals surface area contributed by atoms with Crippen LogP contribution in [0.15, 0.2) is 11.3 Å². The van der Waals surface area contributed by atoms with Crippen molar-refractivity contribution >= 4 is 5.97 Å². The first-order chi connectivity index (χ1) is 5.69. The normalized spacial score (nSPS) is 23.9. The average molecular weight is 172 g/mol. The Labute approximate surface area is 70.8 Å². The molecule has 0 aromatic rings. The van der Waals surface area contributed by atoms with Gasteiger partial charge in [0, 0.05) is 6.42 Å². The van der Waals surface area contributed by atoms with E-state index in [-0.39, 0.29) is 6.61 Å². The molecular formula is C8H12O4. The van der Waals surface area contributed by atoms with E-state index < -0.39 is 12.1 Å². The maximum atomic E-state index is 11.1. The number of hydrogen-bond donors (Lipinski definition) is 1. The van der Waals surface area contributed by atoms with Crippen molar-refractivity contribution in [3.63, 3.8) is 0 Å². The lowest BCUT2D eigenvalue weighted by molar-refractivity contribution is -0.149. The van der Waals surface area contributed by atoms with E-state index in [1.165, 1.54) is 7.11 Å². The van der Waals surface area contributed by atoms with Crippen LogP contribution in [0.25, 0.3) is 0 Å². The highest BCUT2D eigenvalue weighted by Crippen LogP contribution is 2.21. The van der Waals surface area contributed by atoms with Crippen LogP contribution in [0, 0.1) is 0 Å². The third-order valence-electron chi connectivity index (χ3n) is 1.86. The standard InChI is InChI=1S/C8H12O4/c1-5-7(11-2)3-6(4-9)12-8(5)10/h6,9H,3-4H2,1-2H3/t6-/m0/s1. The average Bonchev–Trinajstić information content (AvgIpc) is 2.09. The van der Waals surface area contributed by atoms with E-state index in [1.54, 1.807) is 6.92 Å². The molecule has 0 aromatic heterocycles. The van der Waals surface area contributed by atoms with Crippen LogP contribution in [0.4, 0.5) is 0 Å². The predicted octanol–water partition coefficient (Wildman–Crippen LogP) is 0.215. The van der Waals surface area contributed by atoms with Crippen LogP contribution >= 0.6 is 0 Å². The molecule has 0 saturated carbocycles. The topological polar surface area (TPSA) is 55.8 Å². The molecule has 1 aliphatic heterocycles. The second-order valence-electron chi connectivity index (χ2n) is 2.67. The zero-order chi connectivity index (χ0) is 9.14. The summed E-state index contributed by atoms with van der Waals surface area (Å²) in [6, 6.07) is 0. The Bertz CT molecular complexity index is 219. The Morgan fingerprint density at radius 1 is 1.75 bits per heavy atom. The highest BCUT2D eigenvalue weighted by molar-refractivity contribution is 5.89. The van der Waals surface area contributed by atoms with Crippen molar-refractivity contribution in [2.75, 3.05) is 13.7 Å². The summed E-state index contributed by atoms with van der Waals surface area (Å²) < 4.78 is 9.83. The van der Waals surface area contributed by atoms with Gasteiger partial charge in [0.2, 0.25) is 0 Å². The summed E-state index contributed by atoms with van der Waals surface area (Å²) in [5.74, 6) is 0.197. The number of carbonyl (C=O) groups excluding carboxylic acids is 1. The van der Waals surface area contributed by atoms with Crippen LogP contribution in [0.1, 0.15) is 13.3 Å². The predicted molar refractivity (Wildman–Crippen MR) is 41.3 cm³/mol. The minimum absolute atomic E-state index is 0.161. The smallest absolute Gasteiger partial charge is 0.337 e. The molecule has 0 fully saturated rings. The number of carbonyl (C=O) groups is 1. The van der Waals surface area contributed by atoms with Crippen LogP contribution in [-0.2, 0) is 14.3 Å². The molecule has 1 N–H and O–H groups in total. The lowest BCUT2D eigenvalue weighted by Gasteiger charge is -2.23. The van der Waals surface area contributed by atoms with Gasteiger partial charge in [-0.05, 0) is 6.92 Å². The Morgan fingerprint density at radius 2 is 2.42 bits per heavy atom. The molecule has 0 unspecified atom stereocenters. The molecule has 12 heavy (non-hydrogen) atoms. The molecule has 4 nitrogen and oxygen atoms in total. The molecule has 1 aliphatic rings. The van der Waals surface area contributed by atoms with Gasteiger partial charge < -0.3 is 14.6 Å².